The smallest absolute Gasteiger partial charge is 0.0895 e. The summed E-state index contributed by atoms with van der Waals surface area (Å²) in [5.74, 6) is 0. The van der Waals surface area contributed by atoms with E-state index in [2.05, 4.69) is 23.2 Å². The first-order valence-electron chi connectivity index (χ1n) is 5.55. The second kappa shape index (κ2) is 4.60. The molecule has 0 atom stereocenters. The van der Waals surface area contributed by atoms with Crippen LogP contribution < -0.4 is 0 Å². The fourth-order valence-electron chi connectivity index (χ4n) is 2.03. The van der Waals surface area contributed by atoms with Crippen molar-refractivity contribution in [2.75, 3.05) is 0 Å². The van der Waals surface area contributed by atoms with Crippen LogP contribution in [0.2, 0.25) is 10.0 Å². The zero-order valence-corrected chi connectivity index (χ0v) is 10.9. The Morgan fingerprint density at radius 3 is 2.50 bits per heavy atom. The van der Waals surface area contributed by atoms with Gasteiger partial charge in [-0.1, -0.05) is 65.7 Å². The van der Waals surface area contributed by atoms with E-state index in [1.165, 1.54) is 5.56 Å². The van der Waals surface area contributed by atoms with Crippen LogP contribution in [0.25, 0.3) is 22.4 Å². The van der Waals surface area contributed by atoms with Gasteiger partial charge >= 0.3 is 0 Å². The molecule has 1 nitrogen and oxygen atoms in total. The largest absolute Gasteiger partial charge is 0.253 e. The van der Waals surface area contributed by atoms with Gasteiger partial charge in [0.15, 0.2) is 0 Å². The van der Waals surface area contributed by atoms with Gasteiger partial charge in [0.05, 0.1) is 15.7 Å². The Morgan fingerprint density at radius 1 is 0.833 bits per heavy atom. The lowest BCUT2D eigenvalue weighted by Crippen LogP contribution is -1.84. The van der Waals surface area contributed by atoms with Gasteiger partial charge in [-0.25, -0.2) is 0 Å². The summed E-state index contributed by atoms with van der Waals surface area (Å²) in [5.41, 5.74) is 4.10. The second-order valence-electron chi connectivity index (χ2n) is 4.01. The molecule has 0 unspecified atom stereocenters. The highest BCUT2D eigenvalue weighted by atomic mass is 35.5. The Kier molecular flexibility index (Phi) is 2.94. The fraction of sp³-hybridized carbons (Fsp3) is 0. The minimum Gasteiger partial charge on any atom is -0.253 e. The van der Waals surface area contributed by atoms with Crippen LogP contribution in [0.15, 0.2) is 54.7 Å². The van der Waals surface area contributed by atoms with Crippen LogP contribution in [0.3, 0.4) is 0 Å². The third kappa shape index (κ3) is 1.96. The monoisotopic (exact) mass is 273 g/mol. The van der Waals surface area contributed by atoms with E-state index in [0.717, 1.165) is 16.8 Å². The zero-order chi connectivity index (χ0) is 12.5. The number of pyridine rings is 1. The summed E-state index contributed by atoms with van der Waals surface area (Å²) >= 11 is 12.1. The molecule has 0 saturated carbocycles. The summed E-state index contributed by atoms with van der Waals surface area (Å²) in [6, 6.07) is 16.0. The molecule has 0 spiro atoms. The Hall–Kier alpha value is -1.57. The minimum atomic E-state index is 0.546. The number of rotatable bonds is 1. The first-order chi connectivity index (χ1) is 8.75. The maximum absolute atomic E-state index is 6.21. The summed E-state index contributed by atoms with van der Waals surface area (Å²) in [7, 11) is 0. The van der Waals surface area contributed by atoms with Gasteiger partial charge in [-0.05, 0) is 17.2 Å². The number of hydrogen-bond acceptors (Lipinski definition) is 1. The molecule has 0 amide bonds. The molecule has 2 aliphatic rings. The standard InChI is InChI=1S/C15H9Cl2N/c16-11-8-14(17)15(18-9-11)13-7-6-10-4-2-1-3-5-12(10)13/h1-9H. The van der Waals surface area contributed by atoms with Crippen molar-refractivity contribution in [1.29, 1.82) is 0 Å². The summed E-state index contributed by atoms with van der Waals surface area (Å²) < 4.78 is 0. The molecule has 3 rings (SSSR count). The highest BCUT2D eigenvalue weighted by Crippen LogP contribution is 2.37. The predicted octanol–water partition coefficient (Wildman–Crippen LogP) is 5.16. The molecule has 1 aromatic heterocycles. The van der Waals surface area contributed by atoms with E-state index >= 15 is 0 Å². The first kappa shape index (κ1) is 11.5. The summed E-state index contributed by atoms with van der Waals surface area (Å²) in [6.45, 7) is 0. The van der Waals surface area contributed by atoms with Crippen molar-refractivity contribution >= 4 is 23.2 Å². The van der Waals surface area contributed by atoms with E-state index < -0.39 is 0 Å². The van der Waals surface area contributed by atoms with Gasteiger partial charge in [0.1, 0.15) is 0 Å². The lowest BCUT2D eigenvalue weighted by Gasteiger charge is -2.04. The van der Waals surface area contributed by atoms with Gasteiger partial charge < -0.3 is 0 Å². The molecular formula is C15H9Cl2N. The Bertz CT molecular complexity index is 679. The number of fused-ring (bicyclic) bond motifs is 1. The molecule has 0 fully saturated rings. The number of nitrogens with zero attached hydrogens (tertiary/aromatic N) is 1. The summed E-state index contributed by atoms with van der Waals surface area (Å²) in [5, 5.41) is 1.12. The molecule has 0 aromatic carbocycles. The molecule has 0 saturated heterocycles. The van der Waals surface area contributed by atoms with E-state index in [0.29, 0.717) is 10.0 Å². The molecule has 0 bridgehead atoms. The lowest BCUT2D eigenvalue weighted by molar-refractivity contribution is 1.33. The van der Waals surface area contributed by atoms with Gasteiger partial charge in [0.25, 0.3) is 0 Å². The van der Waals surface area contributed by atoms with Crippen molar-refractivity contribution < 1.29 is 0 Å². The molecule has 3 heteroatoms. The van der Waals surface area contributed by atoms with Crippen LogP contribution in [0.1, 0.15) is 0 Å². The van der Waals surface area contributed by atoms with Crippen molar-refractivity contribution in [3.63, 3.8) is 0 Å². The minimum absolute atomic E-state index is 0.546. The van der Waals surface area contributed by atoms with Crippen molar-refractivity contribution in [3.8, 4) is 22.4 Å². The molecule has 88 valence electrons. The Labute approximate surface area is 115 Å². The molecular weight excluding hydrogens is 265 g/mol. The van der Waals surface area contributed by atoms with Gasteiger partial charge in [-0.3, -0.25) is 4.98 Å². The number of hydrogen-bond donors (Lipinski definition) is 0. The normalized spacial score (nSPS) is 10.8. The van der Waals surface area contributed by atoms with Gasteiger partial charge in [0.2, 0.25) is 0 Å². The molecule has 18 heavy (non-hydrogen) atoms. The van der Waals surface area contributed by atoms with E-state index in [-0.39, 0.29) is 0 Å². The molecule has 0 radical (unpaired) electrons. The summed E-state index contributed by atoms with van der Waals surface area (Å²) in [6.07, 6.45) is 1.62. The summed E-state index contributed by atoms with van der Waals surface area (Å²) in [4.78, 5) is 4.33. The highest BCUT2D eigenvalue weighted by molar-refractivity contribution is 6.36. The zero-order valence-electron chi connectivity index (χ0n) is 9.40. The molecule has 2 aliphatic carbocycles. The Morgan fingerprint density at radius 2 is 1.67 bits per heavy atom. The molecule has 1 aromatic rings. The number of aromatic nitrogens is 1. The Balaban J connectivity index is 2.22. The van der Waals surface area contributed by atoms with E-state index in [1.54, 1.807) is 12.3 Å². The molecule has 0 N–H and O–H groups in total. The average Bonchev–Trinajstić information content (AvgIpc) is 2.59. The predicted molar refractivity (Wildman–Crippen MR) is 76.3 cm³/mol. The van der Waals surface area contributed by atoms with Crippen molar-refractivity contribution in [2.24, 2.45) is 0 Å². The van der Waals surface area contributed by atoms with E-state index in [9.17, 15) is 0 Å². The van der Waals surface area contributed by atoms with Gasteiger partial charge in [-0.2, -0.15) is 0 Å². The maximum atomic E-state index is 6.21. The van der Waals surface area contributed by atoms with Crippen LogP contribution >= 0.6 is 23.2 Å². The first-order valence-corrected chi connectivity index (χ1v) is 6.30. The average molecular weight is 274 g/mol. The lowest BCUT2D eigenvalue weighted by atomic mass is 10.1. The van der Waals surface area contributed by atoms with Gasteiger partial charge in [0, 0.05) is 11.8 Å². The van der Waals surface area contributed by atoms with Crippen LogP contribution in [0, 0.1) is 0 Å². The quantitative estimate of drug-likeness (QED) is 0.597. The second-order valence-corrected chi connectivity index (χ2v) is 4.85. The van der Waals surface area contributed by atoms with E-state index in [1.807, 2.05) is 24.3 Å². The van der Waals surface area contributed by atoms with Crippen LogP contribution in [-0.4, -0.2) is 4.98 Å². The third-order valence-electron chi connectivity index (χ3n) is 2.85. The van der Waals surface area contributed by atoms with Crippen molar-refractivity contribution in [2.45, 2.75) is 0 Å². The molecule has 1 heterocycles. The fourth-order valence-corrected chi connectivity index (χ4v) is 2.52. The van der Waals surface area contributed by atoms with Crippen molar-refractivity contribution in [3.05, 3.63) is 64.8 Å². The third-order valence-corrected chi connectivity index (χ3v) is 3.35. The van der Waals surface area contributed by atoms with E-state index in [4.69, 9.17) is 23.2 Å². The van der Waals surface area contributed by atoms with Crippen LogP contribution in [0.4, 0.5) is 0 Å². The van der Waals surface area contributed by atoms with Gasteiger partial charge in [-0.15, -0.1) is 0 Å². The highest BCUT2D eigenvalue weighted by Gasteiger charge is 2.13. The SMILES string of the molecule is Clc1cnc(-c2ccc3cccccc2-3)c(Cl)c1. The van der Waals surface area contributed by atoms with Crippen molar-refractivity contribution in [1.82, 2.24) is 4.98 Å². The van der Waals surface area contributed by atoms with Crippen LogP contribution in [-0.2, 0) is 0 Å². The molecule has 0 aliphatic heterocycles. The maximum Gasteiger partial charge on any atom is 0.0895 e. The topological polar surface area (TPSA) is 12.9 Å². The van der Waals surface area contributed by atoms with Crippen LogP contribution in [0.5, 0.6) is 0 Å². The number of halogens is 2.